The predicted octanol–water partition coefficient (Wildman–Crippen LogP) is 1.19. The van der Waals surface area contributed by atoms with E-state index < -0.39 is 0 Å². The van der Waals surface area contributed by atoms with E-state index in [0.29, 0.717) is 13.2 Å². The Morgan fingerprint density at radius 3 is 3.20 bits per heavy atom. The number of nitrogens with zero attached hydrogens (tertiary/aromatic N) is 1. The predicted molar refractivity (Wildman–Crippen MR) is 73.1 cm³/mol. The monoisotopic (exact) mass is 281 g/mol. The Labute approximate surface area is 119 Å². The van der Waals surface area contributed by atoms with Crippen LogP contribution in [0.1, 0.15) is 19.3 Å². The van der Waals surface area contributed by atoms with Crippen LogP contribution in [-0.4, -0.2) is 56.9 Å². The third-order valence-corrected chi connectivity index (χ3v) is 4.85. The zero-order valence-electron chi connectivity index (χ0n) is 12.0. The van der Waals surface area contributed by atoms with E-state index in [1.54, 1.807) is 6.26 Å². The summed E-state index contributed by atoms with van der Waals surface area (Å²) >= 11 is 0. The normalized spacial score (nSPS) is 37.2. The lowest BCUT2D eigenvalue weighted by molar-refractivity contribution is -0.161. The lowest BCUT2D eigenvalue weighted by Gasteiger charge is -2.35. The summed E-state index contributed by atoms with van der Waals surface area (Å²) in [5.74, 6) is 0.181. The van der Waals surface area contributed by atoms with E-state index in [9.17, 15) is 4.79 Å². The molecule has 0 aromatic rings. The lowest BCUT2D eigenvalue weighted by Crippen LogP contribution is -2.45. The van der Waals surface area contributed by atoms with Crippen LogP contribution in [0.15, 0.2) is 12.3 Å². The molecule has 0 saturated carbocycles. The summed E-state index contributed by atoms with van der Waals surface area (Å²) in [6, 6.07) is 0. The van der Waals surface area contributed by atoms with E-state index in [4.69, 9.17) is 14.2 Å². The van der Waals surface area contributed by atoms with Crippen LogP contribution in [0.25, 0.3) is 0 Å². The summed E-state index contributed by atoms with van der Waals surface area (Å²) in [5.41, 5.74) is -0.364. The van der Waals surface area contributed by atoms with Gasteiger partial charge in [-0.25, -0.2) is 0 Å². The first kappa shape index (κ1) is 13.9. The molecule has 0 bridgehead atoms. The van der Waals surface area contributed by atoms with Crippen LogP contribution in [-0.2, 0) is 19.0 Å². The van der Waals surface area contributed by atoms with Crippen molar-refractivity contribution in [2.45, 2.75) is 25.4 Å². The maximum absolute atomic E-state index is 12.3. The van der Waals surface area contributed by atoms with Crippen molar-refractivity contribution in [3.8, 4) is 0 Å². The van der Waals surface area contributed by atoms with Crippen LogP contribution in [0, 0.1) is 11.3 Å². The Morgan fingerprint density at radius 2 is 2.45 bits per heavy atom. The van der Waals surface area contributed by atoms with Crippen molar-refractivity contribution in [1.82, 2.24) is 4.90 Å². The van der Waals surface area contributed by atoms with Crippen molar-refractivity contribution in [2.75, 3.05) is 40.0 Å². The molecule has 2 saturated heterocycles. The highest BCUT2D eigenvalue weighted by atomic mass is 16.5. The maximum Gasteiger partial charge on any atom is 0.313 e. The zero-order valence-corrected chi connectivity index (χ0v) is 12.0. The van der Waals surface area contributed by atoms with Crippen LogP contribution in [0.4, 0.5) is 0 Å². The second-order valence-electron chi connectivity index (χ2n) is 6.07. The number of allylic oxidation sites excluding steroid dienone is 1. The van der Waals surface area contributed by atoms with Gasteiger partial charge in [-0.15, -0.1) is 0 Å². The van der Waals surface area contributed by atoms with Gasteiger partial charge in [0.25, 0.3) is 0 Å². The number of carbonyl (C=O) groups is 1. The Kier molecular flexibility index (Phi) is 3.98. The smallest absolute Gasteiger partial charge is 0.313 e. The van der Waals surface area contributed by atoms with Gasteiger partial charge in [-0.05, 0) is 25.3 Å². The molecule has 0 spiro atoms. The summed E-state index contributed by atoms with van der Waals surface area (Å²) in [5, 5.41) is 0. The minimum Gasteiger partial charge on any atom is -0.497 e. The molecule has 5 heteroatoms. The molecular weight excluding hydrogens is 258 g/mol. The number of ether oxygens (including phenoxy) is 3. The van der Waals surface area contributed by atoms with Crippen molar-refractivity contribution in [3.63, 3.8) is 0 Å². The number of methoxy groups -OCH3 is 1. The van der Waals surface area contributed by atoms with Crippen LogP contribution < -0.4 is 0 Å². The minimum absolute atomic E-state index is 0.0715. The first-order valence-electron chi connectivity index (χ1n) is 7.43. The van der Waals surface area contributed by atoms with Crippen LogP contribution in [0.5, 0.6) is 0 Å². The molecule has 0 radical (unpaired) electrons. The highest BCUT2D eigenvalue weighted by Crippen LogP contribution is 2.43. The Morgan fingerprint density at radius 1 is 1.55 bits per heavy atom. The Balaban J connectivity index is 1.67. The van der Waals surface area contributed by atoms with Gasteiger partial charge in [-0.3, -0.25) is 9.69 Å². The van der Waals surface area contributed by atoms with E-state index in [-0.39, 0.29) is 23.4 Å². The summed E-state index contributed by atoms with van der Waals surface area (Å²) < 4.78 is 16.3. The fourth-order valence-corrected chi connectivity index (χ4v) is 3.74. The van der Waals surface area contributed by atoms with Gasteiger partial charge in [-0.1, -0.05) is 0 Å². The number of hydrogen-bond acceptors (Lipinski definition) is 5. The lowest BCUT2D eigenvalue weighted by atomic mass is 9.74. The molecule has 3 atom stereocenters. The molecule has 3 heterocycles. The molecule has 2 fully saturated rings. The van der Waals surface area contributed by atoms with E-state index in [1.165, 1.54) is 7.11 Å². The minimum atomic E-state index is -0.364. The molecule has 0 N–H and O–H groups in total. The van der Waals surface area contributed by atoms with E-state index in [1.807, 2.05) is 0 Å². The number of fused-ring (bicyclic) bond motifs is 1. The largest absolute Gasteiger partial charge is 0.497 e. The van der Waals surface area contributed by atoms with Crippen molar-refractivity contribution in [1.29, 1.82) is 0 Å². The summed E-state index contributed by atoms with van der Waals surface area (Å²) in [7, 11) is 1.49. The van der Waals surface area contributed by atoms with Gasteiger partial charge in [-0.2, -0.15) is 0 Å². The molecule has 0 unspecified atom stereocenters. The summed E-state index contributed by atoms with van der Waals surface area (Å²) in [4.78, 5) is 14.6. The SMILES string of the molecule is COC(=O)[C@@]12CCOC[C@@H]1CN(C[C@@H]1CCC=CO1)C2. The summed E-state index contributed by atoms with van der Waals surface area (Å²) in [6.45, 7) is 3.88. The number of rotatable bonds is 3. The third-order valence-electron chi connectivity index (χ3n) is 4.85. The second-order valence-corrected chi connectivity index (χ2v) is 6.07. The van der Waals surface area contributed by atoms with Gasteiger partial charge in [0.05, 0.1) is 25.4 Å². The molecule has 0 amide bonds. The molecule has 0 aliphatic carbocycles. The summed E-state index contributed by atoms with van der Waals surface area (Å²) in [6.07, 6.45) is 7.01. The van der Waals surface area contributed by atoms with E-state index in [0.717, 1.165) is 38.9 Å². The molecular formula is C15H23NO4. The zero-order chi connectivity index (χ0) is 14.0. The van der Waals surface area contributed by atoms with Crippen LogP contribution in [0.2, 0.25) is 0 Å². The molecule has 3 aliphatic rings. The van der Waals surface area contributed by atoms with Crippen molar-refractivity contribution in [2.24, 2.45) is 11.3 Å². The van der Waals surface area contributed by atoms with Crippen LogP contribution in [0.3, 0.4) is 0 Å². The highest BCUT2D eigenvalue weighted by molar-refractivity contribution is 5.78. The standard InChI is InChI=1S/C15H23NO4/c1-18-14(17)15-5-7-19-10-12(15)8-16(11-15)9-13-4-2-3-6-20-13/h3,6,12-13H,2,4-5,7-11H2,1H3/t12-,13-,15+/m0/s1. The van der Waals surface area contributed by atoms with Crippen LogP contribution >= 0.6 is 0 Å². The topological polar surface area (TPSA) is 48.0 Å². The van der Waals surface area contributed by atoms with E-state index in [2.05, 4.69) is 11.0 Å². The number of likely N-dealkylation sites (tertiary alicyclic amines) is 1. The average Bonchev–Trinajstić information content (AvgIpc) is 2.86. The van der Waals surface area contributed by atoms with Crippen molar-refractivity contribution in [3.05, 3.63) is 12.3 Å². The van der Waals surface area contributed by atoms with Crippen molar-refractivity contribution < 1.29 is 19.0 Å². The molecule has 112 valence electrons. The molecule has 3 rings (SSSR count). The third kappa shape index (κ3) is 2.44. The average molecular weight is 281 g/mol. The number of carbonyl (C=O) groups excluding carboxylic acids is 1. The first-order chi connectivity index (χ1) is 9.74. The molecule has 5 nitrogen and oxygen atoms in total. The van der Waals surface area contributed by atoms with Crippen molar-refractivity contribution >= 4 is 5.97 Å². The Bertz CT molecular complexity index is 397. The van der Waals surface area contributed by atoms with Gasteiger partial charge in [0.1, 0.15) is 6.10 Å². The van der Waals surface area contributed by atoms with Gasteiger partial charge in [0.2, 0.25) is 0 Å². The quantitative estimate of drug-likeness (QED) is 0.727. The number of esters is 1. The Hall–Kier alpha value is -1.07. The van der Waals surface area contributed by atoms with Gasteiger partial charge in [0, 0.05) is 32.2 Å². The molecule has 0 aromatic carbocycles. The van der Waals surface area contributed by atoms with Gasteiger partial charge >= 0.3 is 5.97 Å². The fourth-order valence-electron chi connectivity index (χ4n) is 3.74. The highest BCUT2D eigenvalue weighted by Gasteiger charge is 2.54. The molecule has 0 aromatic heterocycles. The van der Waals surface area contributed by atoms with Gasteiger partial charge in [0.15, 0.2) is 0 Å². The molecule has 3 aliphatic heterocycles. The van der Waals surface area contributed by atoms with E-state index >= 15 is 0 Å². The first-order valence-corrected chi connectivity index (χ1v) is 7.43. The van der Waals surface area contributed by atoms with Gasteiger partial charge < -0.3 is 14.2 Å². The molecule has 20 heavy (non-hydrogen) atoms. The fraction of sp³-hybridized carbons (Fsp3) is 0.800. The second kappa shape index (κ2) is 5.74. The number of hydrogen-bond donors (Lipinski definition) is 0. The maximum atomic E-state index is 12.3.